The van der Waals surface area contributed by atoms with Gasteiger partial charge in [0.25, 0.3) is 0 Å². The molecular weight excluding hydrogens is 648 g/mol. The molecule has 2 fully saturated rings. The van der Waals surface area contributed by atoms with Gasteiger partial charge in [-0.2, -0.15) is 0 Å². The lowest BCUT2D eigenvalue weighted by atomic mass is 9.76. The van der Waals surface area contributed by atoms with Crippen molar-refractivity contribution in [3.05, 3.63) is 155 Å². The zero-order chi connectivity index (χ0) is 35.0. The Bertz CT molecular complexity index is 1530. The molecule has 2 aliphatic heterocycles. The third kappa shape index (κ3) is 9.05. The number of piperidine rings is 2. The predicted molar refractivity (Wildman–Crippen MR) is 179 cm³/mol. The average molecular weight is 687 g/mol. The zero-order valence-electron chi connectivity index (χ0n) is 27.4. The van der Waals surface area contributed by atoms with Crippen molar-refractivity contribution in [2.75, 3.05) is 26.2 Å². The summed E-state index contributed by atoms with van der Waals surface area (Å²) >= 11 is 0. The summed E-state index contributed by atoms with van der Waals surface area (Å²) in [5.74, 6) is -2.57. The Morgan fingerprint density at radius 1 is 0.480 bits per heavy atom. The van der Waals surface area contributed by atoms with E-state index in [-0.39, 0.29) is 46.9 Å². The lowest BCUT2D eigenvalue weighted by Gasteiger charge is -2.35. The molecule has 0 saturated carbocycles. The molecule has 6 rings (SSSR count). The van der Waals surface area contributed by atoms with Gasteiger partial charge in [0.05, 0.1) is 0 Å². The molecule has 0 unspecified atom stereocenters. The normalized spacial score (nSPS) is 16.7. The number of nitrogens with zero attached hydrogens (tertiary/aromatic N) is 2. The highest BCUT2D eigenvalue weighted by Gasteiger charge is 2.32. The van der Waals surface area contributed by atoms with Crippen LogP contribution in [0.4, 0.5) is 17.6 Å². The number of rotatable bonds is 10. The van der Waals surface area contributed by atoms with Crippen molar-refractivity contribution in [2.45, 2.75) is 37.5 Å². The molecule has 0 N–H and O–H groups in total. The van der Waals surface area contributed by atoms with Crippen LogP contribution < -0.4 is 0 Å². The Hall–Kier alpha value is -4.80. The number of halogens is 4. The van der Waals surface area contributed by atoms with Crippen LogP contribution in [0, 0.1) is 35.1 Å². The second-order valence-corrected chi connectivity index (χ2v) is 12.8. The summed E-state index contributed by atoms with van der Waals surface area (Å²) in [5.41, 5.74) is 3.72. The van der Waals surface area contributed by atoms with Crippen LogP contribution >= 0.6 is 0 Å². The summed E-state index contributed by atoms with van der Waals surface area (Å²) < 4.78 is 54.6. The van der Waals surface area contributed by atoms with Crippen molar-refractivity contribution >= 4 is 11.9 Å². The molecule has 260 valence electrons. The number of hydrogen-bond donors (Lipinski definition) is 0. The summed E-state index contributed by atoms with van der Waals surface area (Å²) in [4.78, 5) is 36.1. The molecule has 0 aromatic heterocycles. The molecule has 10 heteroatoms. The number of hydrogen-bond acceptors (Lipinski definition) is 6. The molecular formula is C40H38F4N2O4. The van der Waals surface area contributed by atoms with Crippen LogP contribution in [0.2, 0.25) is 0 Å². The Morgan fingerprint density at radius 2 is 0.720 bits per heavy atom. The maximum absolute atomic E-state index is 13.7. The molecule has 50 heavy (non-hydrogen) atoms. The molecule has 0 atom stereocenters. The molecule has 2 heterocycles. The van der Waals surface area contributed by atoms with Gasteiger partial charge in [-0.3, -0.25) is 0 Å². The second-order valence-electron chi connectivity index (χ2n) is 12.8. The summed E-state index contributed by atoms with van der Waals surface area (Å²) in [6, 6.07) is 25.4. The average Bonchev–Trinajstić information content (AvgIpc) is 3.12. The summed E-state index contributed by atoms with van der Waals surface area (Å²) in [5, 5.41) is 3.12. The van der Waals surface area contributed by atoms with E-state index >= 15 is 0 Å². The van der Waals surface area contributed by atoms with Crippen LogP contribution in [0.3, 0.4) is 0 Å². The highest BCUT2D eigenvalue weighted by molar-refractivity contribution is 5.91. The van der Waals surface area contributed by atoms with E-state index in [0.717, 1.165) is 34.4 Å². The second kappa shape index (κ2) is 16.3. The lowest BCUT2D eigenvalue weighted by molar-refractivity contribution is -0.193. The Balaban J connectivity index is 0.980. The summed E-state index contributed by atoms with van der Waals surface area (Å²) in [7, 11) is 0. The molecule has 0 radical (unpaired) electrons. The zero-order valence-corrected chi connectivity index (χ0v) is 27.4. The third-order valence-electron chi connectivity index (χ3n) is 9.65. The highest BCUT2D eigenvalue weighted by atomic mass is 19.1. The Kier molecular flexibility index (Phi) is 11.4. The van der Waals surface area contributed by atoms with Gasteiger partial charge in [-0.15, -0.1) is 10.1 Å². The molecule has 6 nitrogen and oxygen atoms in total. The molecule has 2 saturated heterocycles. The first kappa shape index (κ1) is 35.0. The van der Waals surface area contributed by atoms with Crippen LogP contribution in [-0.4, -0.2) is 48.2 Å². The van der Waals surface area contributed by atoms with Crippen LogP contribution in [0.15, 0.2) is 109 Å². The van der Waals surface area contributed by atoms with E-state index in [9.17, 15) is 27.2 Å². The molecule has 4 aromatic carbocycles. The van der Waals surface area contributed by atoms with Gasteiger partial charge >= 0.3 is 11.9 Å². The topological polar surface area (TPSA) is 59.1 Å². The van der Waals surface area contributed by atoms with E-state index in [1.807, 2.05) is 0 Å². The fourth-order valence-electron chi connectivity index (χ4n) is 7.21. The minimum absolute atomic E-state index is 0.0782. The van der Waals surface area contributed by atoms with E-state index < -0.39 is 11.9 Å². The van der Waals surface area contributed by atoms with Crippen LogP contribution in [0.1, 0.15) is 59.8 Å². The number of benzene rings is 4. The van der Waals surface area contributed by atoms with Crippen LogP contribution in [0.5, 0.6) is 0 Å². The molecule has 0 amide bonds. The summed E-state index contributed by atoms with van der Waals surface area (Å²) in [6.45, 7) is 1.83. The third-order valence-corrected chi connectivity index (χ3v) is 9.65. The first-order valence-electron chi connectivity index (χ1n) is 16.9. The van der Waals surface area contributed by atoms with Gasteiger partial charge in [-0.25, -0.2) is 27.2 Å². The maximum Gasteiger partial charge on any atom is 0.349 e. The van der Waals surface area contributed by atoms with Gasteiger partial charge in [-0.1, -0.05) is 48.5 Å². The minimum atomic E-state index is -0.700. The van der Waals surface area contributed by atoms with E-state index in [4.69, 9.17) is 9.68 Å². The van der Waals surface area contributed by atoms with Gasteiger partial charge in [0.1, 0.15) is 23.3 Å². The van der Waals surface area contributed by atoms with Crippen molar-refractivity contribution in [1.82, 2.24) is 10.1 Å². The van der Waals surface area contributed by atoms with E-state index in [1.165, 1.54) is 48.5 Å². The molecule has 4 aromatic rings. The predicted octanol–water partition coefficient (Wildman–Crippen LogP) is 8.10. The van der Waals surface area contributed by atoms with Crippen molar-refractivity contribution in [3.63, 3.8) is 0 Å². The van der Waals surface area contributed by atoms with Gasteiger partial charge in [0, 0.05) is 50.2 Å². The largest absolute Gasteiger partial charge is 0.364 e. The Morgan fingerprint density at radius 3 is 0.960 bits per heavy atom. The molecule has 0 aliphatic carbocycles. The molecule has 0 bridgehead atoms. The molecule has 0 spiro atoms. The van der Waals surface area contributed by atoms with Gasteiger partial charge in [0.15, 0.2) is 0 Å². The highest BCUT2D eigenvalue weighted by Crippen LogP contribution is 2.39. The maximum atomic E-state index is 13.7. The van der Waals surface area contributed by atoms with Gasteiger partial charge < -0.3 is 9.68 Å². The van der Waals surface area contributed by atoms with E-state index in [0.29, 0.717) is 51.9 Å². The summed E-state index contributed by atoms with van der Waals surface area (Å²) in [6.07, 6.45) is 4.80. The van der Waals surface area contributed by atoms with E-state index in [2.05, 4.69) is 0 Å². The monoisotopic (exact) mass is 686 g/mol. The smallest absolute Gasteiger partial charge is 0.349 e. The number of carbonyl (C=O) groups is 2. The van der Waals surface area contributed by atoms with Crippen molar-refractivity contribution < 1.29 is 36.8 Å². The van der Waals surface area contributed by atoms with Crippen molar-refractivity contribution in [1.29, 1.82) is 0 Å². The standard InChI is InChI=1S/C40H38F4N2O4/c41-33-9-1-27(2-10-33)39(28-3-11-34(42)12-4-28)31-19-23-45(24-20-31)49-37(47)17-18-38(48)50-46-25-21-32(22-26-46)40(29-5-13-35(43)14-6-29)30-7-15-36(44)16-8-30/h1-18,31-32,39-40H,19-26H2/b18-17+. The SMILES string of the molecule is O=C(/C=C/C(=O)ON1CCC(C(c2ccc(F)cc2)c2ccc(F)cc2)CC1)ON1CCC(C(c2ccc(F)cc2)c2ccc(F)cc2)CC1. The molecule has 2 aliphatic rings. The van der Waals surface area contributed by atoms with Gasteiger partial charge in [0.2, 0.25) is 0 Å². The number of hydroxylamine groups is 4. The quantitative estimate of drug-likeness (QED) is 0.124. The fourth-order valence-corrected chi connectivity index (χ4v) is 7.21. The van der Waals surface area contributed by atoms with Gasteiger partial charge in [-0.05, 0) is 108 Å². The van der Waals surface area contributed by atoms with Crippen LogP contribution in [0.25, 0.3) is 0 Å². The van der Waals surface area contributed by atoms with Crippen molar-refractivity contribution in [3.8, 4) is 0 Å². The van der Waals surface area contributed by atoms with Crippen molar-refractivity contribution in [2.24, 2.45) is 11.8 Å². The lowest BCUT2D eigenvalue weighted by Crippen LogP contribution is -2.37. The van der Waals surface area contributed by atoms with Crippen LogP contribution in [-0.2, 0) is 19.3 Å². The first-order chi connectivity index (χ1) is 24.2. The Labute approximate surface area is 288 Å². The first-order valence-corrected chi connectivity index (χ1v) is 16.9. The van der Waals surface area contributed by atoms with E-state index in [1.54, 1.807) is 58.7 Å². The fraction of sp³-hybridized carbons (Fsp3) is 0.300. The minimum Gasteiger partial charge on any atom is -0.364 e. The number of carbonyl (C=O) groups excluding carboxylic acids is 2.